The number of methoxy groups -OCH3 is 1. The number of carbonyl (C=O) groups is 3. The molecule has 0 radical (unpaired) electrons. The molecule has 0 saturated carbocycles. The summed E-state index contributed by atoms with van der Waals surface area (Å²) in [5.74, 6) is -3.20. The third-order valence-corrected chi connectivity index (χ3v) is 4.51. The Morgan fingerprint density at radius 2 is 1.84 bits per heavy atom. The van der Waals surface area contributed by atoms with Crippen molar-refractivity contribution in [1.82, 2.24) is 10.6 Å². The van der Waals surface area contributed by atoms with Crippen molar-refractivity contribution in [3.63, 3.8) is 0 Å². The van der Waals surface area contributed by atoms with Gasteiger partial charge < -0.3 is 20.7 Å². The fraction of sp³-hybridized carbons (Fsp3) is 0.435. The fourth-order valence-corrected chi connectivity index (χ4v) is 2.93. The molecule has 0 aliphatic heterocycles. The molecule has 1 aromatic rings. The monoisotopic (exact) mass is 451 g/mol. The van der Waals surface area contributed by atoms with Crippen LogP contribution in [0, 0.1) is 17.6 Å². The molecule has 7 nitrogen and oxygen atoms in total. The third-order valence-electron chi connectivity index (χ3n) is 4.51. The highest BCUT2D eigenvalue weighted by Gasteiger charge is 2.29. The summed E-state index contributed by atoms with van der Waals surface area (Å²) < 4.78 is 31.7. The minimum Gasteiger partial charge on any atom is -0.467 e. The zero-order chi connectivity index (χ0) is 24.3. The molecule has 9 heteroatoms. The van der Waals surface area contributed by atoms with Gasteiger partial charge >= 0.3 is 12.0 Å². The SMILES string of the molecule is CC=CC(=CCC)CC(NC(=O)Nc1ccc(F)cc1F)C(=O)NC(C(=O)OC)C(C)C. The number of amides is 3. The molecule has 1 rings (SSSR count). The van der Waals surface area contributed by atoms with Gasteiger partial charge in [0.2, 0.25) is 5.91 Å². The van der Waals surface area contributed by atoms with Crippen LogP contribution < -0.4 is 16.0 Å². The van der Waals surface area contributed by atoms with Crippen LogP contribution >= 0.6 is 0 Å². The lowest BCUT2D eigenvalue weighted by Crippen LogP contribution is -2.54. The van der Waals surface area contributed by atoms with Crippen LogP contribution in [0.25, 0.3) is 0 Å². The number of nitrogens with one attached hydrogen (secondary N) is 3. The van der Waals surface area contributed by atoms with Gasteiger partial charge in [-0.15, -0.1) is 0 Å². The van der Waals surface area contributed by atoms with E-state index in [4.69, 9.17) is 4.74 Å². The summed E-state index contributed by atoms with van der Waals surface area (Å²) in [7, 11) is 1.22. The van der Waals surface area contributed by atoms with Gasteiger partial charge in [0.25, 0.3) is 0 Å². The van der Waals surface area contributed by atoms with Crippen molar-refractivity contribution in [2.45, 2.75) is 52.6 Å². The maximum atomic E-state index is 13.9. The van der Waals surface area contributed by atoms with E-state index in [9.17, 15) is 23.2 Å². The van der Waals surface area contributed by atoms with Crippen molar-refractivity contribution in [3.05, 3.63) is 53.6 Å². The number of esters is 1. The smallest absolute Gasteiger partial charge is 0.328 e. The van der Waals surface area contributed by atoms with Crippen molar-refractivity contribution >= 4 is 23.6 Å². The Bertz CT molecular complexity index is 869. The predicted octanol–water partition coefficient (Wildman–Crippen LogP) is 4.07. The molecule has 32 heavy (non-hydrogen) atoms. The third kappa shape index (κ3) is 8.49. The molecular weight excluding hydrogens is 420 g/mol. The molecule has 0 aromatic heterocycles. The summed E-state index contributed by atoms with van der Waals surface area (Å²) in [5.41, 5.74) is 0.554. The van der Waals surface area contributed by atoms with Crippen LogP contribution in [0.4, 0.5) is 19.3 Å². The minimum absolute atomic E-state index is 0.134. The number of halogens is 2. The van der Waals surface area contributed by atoms with E-state index in [-0.39, 0.29) is 18.0 Å². The van der Waals surface area contributed by atoms with Crippen molar-refractivity contribution in [3.8, 4) is 0 Å². The van der Waals surface area contributed by atoms with Crippen LogP contribution in [0.2, 0.25) is 0 Å². The maximum Gasteiger partial charge on any atom is 0.328 e. The Labute approximate surface area is 187 Å². The van der Waals surface area contributed by atoms with Crippen molar-refractivity contribution in [2.24, 2.45) is 5.92 Å². The summed E-state index contributed by atoms with van der Waals surface area (Å²) in [5, 5.41) is 7.39. The highest BCUT2D eigenvalue weighted by atomic mass is 19.1. The second-order valence-electron chi connectivity index (χ2n) is 7.42. The number of hydrogen-bond donors (Lipinski definition) is 3. The highest BCUT2D eigenvalue weighted by molar-refractivity contribution is 5.95. The highest BCUT2D eigenvalue weighted by Crippen LogP contribution is 2.16. The van der Waals surface area contributed by atoms with Gasteiger partial charge in [-0.25, -0.2) is 18.4 Å². The van der Waals surface area contributed by atoms with Gasteiger partial charge in [0.15, 0.2) is 0 Å². The van der Waals surface area contributed by atoms with Crippen LogP contribution in [0.15, 0.2) is 42.0 Å². The maximum absolute atomic E-state index is 13.9. The molecule has 2 atom stereocenters. The molecule has 0 aliphatic rings. The molecule has 3 N–H and O–H groups in total. The first-order chi connectivity index (χ1) is 15.1. The number of urea groups is 1. The quantitative estimate of drug-likeness (QED) is 0.369. The van der Waals surface area contributed by atoms with E-state index in [2.05, 4.69) is 16.0 Å². The molecule has 0 spiro atoms. The average molecular weight is 452 g/mol. The number of anilines is 1. The summed E-state index contributed by atoms with van der Waals surface area (Å²) in [6.45, 7) is 7.25. The zero-order valence-corrected chi connectivity index (χ0v) is 19.0. The normalized spacial score (nSPS) is 13.6. The van der Waals surface area contributed by atoms with E-state index in [0.29, 0.717) is 12.5 Å². The lowest BCUT2D eigenvalue weighted by Gasteiger charge is -2.24. The Hall–Kier alpha value is -3.23. The van der Waals surface area contributed by atoms with E-state index in [1.165, 1.54) is 7.11 Å². The van der Waals surface area contributed by atoms with E-state index in [1.54, 1.807) is 19.9 Å². The molecular formula is C23H31F2N3O4. The van der Waals surface area contributed by atoms with Crippen molar-refractivity contribution in [1.29, 1.82) is 0 Å². The topological polar surface area (TPSA) is 96.5 Å². The number of allylic oxidation sites excluding steroid dienone is 3. The molecule has 2 unspecified atom stereocenters. The number of benzene rings is 1. The Morgan fingerprint density at radius 3 is 2.38 bits per heavy atom. The first kappa shape index (κ1) is 26.8. The van der Waals surface area contributed by atoms with Crippen molar-refractivity contribution in [2.75, 3.05) is 12.4 Å². The number of rotatable bonds is 10. The summed E-state index contributed by atoms with van der Waals surface area (Å²) in [6.07, 6.45) is 6.35. The average Bonchev–Trinajstić information content (AvgIpc) is 2.73. The van der Waals surface area contributed by atoms with Crippen LogP contribution in [-0.4, -0.2) is 37.1 Å². The zero-order valence-electron chi connectivity index (χ0n) is 19.0. The van der Waals surface area contributed by atoms with Gasteiger partial charge in [-0.05, 0) is 37.0 Å². The summed E-state index contributed by atoms with van der Waals surface area (Å²) >= 11 is 0. The van der Waals surface area contributed by atoms with Crippen LogP contribution in [0.3, 0.4) is 0 Å². The van der Waals surface area contributed by atoms with Crippen LogP contribution in [-0.2, 0) is 14.3 Å². The fourth-order valence-electron chi connectivity index (χ4n) is 2.93. The van der Waals surface area contributed by atoms with Gasteiger partial charge in [-0.3, -0.25) is 4.79 Å². The van der Waals surface area contributed by atoms with Crippen LogP contribution in [0.1, 0.15) is 40.5 Å². The molecule has 1 aromatic carbocycles. The summed E-state index contributed by atoms with van der Waals surface area (Å²) in [6, 6.07) is -0.120. The van der Waals surface area contributed by atoms with E-state index >= 15 is 0 Å². The van der Waals surface area contributed by atoms with Gasteiger partial charge in [0.1, 0.15) is 23.7 Å². The largest absolute Gasteiger partial charge is 0.467 e. The van der Waals surface area contributed by atoms with Gasteiger partial charge in [0.05, 0.1) is 12.8 Å². The number of hydrogen-bond acceptors (Lipinski definition) is 4. The molecule has 0 aliphatic carbocycles. The lowest BCUT2D eigenvalue weighted by molar-refractivity contribution is -0.146. The van der Waals surface area contributed by atoms with Crippen LogP contribution in [0.5, 0.6) is 0 Å². The molecule has 0 saturated heterocycles. The minimum atomic E-state index is -1.07. The van der Waals surface area contributed by atoms with Gasteiger partial charge in [0, 0.05) is 12.5 Å². The molecule has 0 fully saturated rings. The number of ether oxygens (including phenoxy) is 1. The first-order valence-electron chi connectivity index (χ1n) is 10.3. The second kappa shape index (κ2) is 13.2. The molecule has 0 bridgehead atoms. The van der Waals surface area contributed by atoms with E-state index in [0.717, 1.165) is 17.7 Å². The first-order valence-corrected chi connectivity index (χ1v) is 10.3. The number of carbonyl (C=O) groups excluding carboxylic acids is 3. The predicted molar refractivity (Wildman–Crippen MR) is 119 cm³/mol. The van der Waals surface area contributed by atoms with Gasteiger partial charge in [-0.1, -0.05) is 39.0 Å². The lowest BCUT2D eigenvalue weighted by atomic mass is 10.0. The second-order valence-corrected chi connectivity index (χ2v) is 7.42. The Morgan fingerprint density at radius 1 is 1.16 bits per heavy atom. The Kier molecular flexibility index (Phi) is 11.1. The standard InChI is InChI=1S/C23H31F2N3O4/c1-6-8-15(9-7-2)12-19(21(29)28-20(14(3)4)22(30)32-5)27-23(31)26-18-11-10-16(24)13-17(18)25/h6,8-11,13-14,19-20H,7,12H2,1-5H3,(H,28,29)(H2,26,27,31). The van der Waals surface area contributed by atoms with E-state index < -0.39 is 41.6 Å². The summed E-state index contributed by atoms with van der Waals surface area (Å²) in [4.78, 5) is 37.5. The molecule has 0 heterocycles. The van der Waals surface area contributed by atoms with Crippen molar-refractivity contribution < 1.29 is 27.9 Å². The van der Waals surface area contributed by atoms with Gasteiger partial charge in [-0.2, -0.15) is 0 Å². The molecule has 176 valence electrons. The van der Waals surface area contributed by atoms with E-state index in [1.807, 2.05) is 26.0 Å². The molecule has 3 amide bonds. The Balaban J connectivity index is 3.10.